The van der Waals surface area contributed by atoms with E-state index in [-0.39, 0.29) is 18.0 Å². The number of rotatable bonds is 4. The second kappa shape index (κ2) is 7.06. The highest BCUT2D eigenvalue weighted by molar-refractivity contribution is 7.89. The first-order chi connectivity index (χ1) is 11.9. The Balaban J connectivity index is 1.68. The minimum atomic E-state index is -3.25. The predicted octanol–water partition coefficient (Wildman–Crippen LogP) is 2.63. The Labute approximate surface area is 148 Å². The summed E-state index contributed by atoms with van der Waals surface area (Å²) < 4.78 is 38.9. The lowest BCUT2D eigenvalue weighted by Crippen LogP contribution is -2.36. The van der Waals surface area contributed by atoms with E-state index < -0.39 is 21.9 Å². The number of thiazole rings is 1. The third-order valence-electron chi connectivity index (χ3n) is 3.80. The van der Waals surface area contributed by atoms with Gasteiger partial charge in [0.25, 0.3) is 0 Å². The van der Waals surface area contributed by atoms with E-state index in [1.54, 1.807) is 13.0 Å². The van der Waals surface area contributed by atoms with Crippen LogP contribution in [0, 0.1) is 5.82 Å². The Morgan fingerprint density at radius 1 is 1.36 bits per heavy atom. The summed E-state index contributed by atoms with van der Waals surface area (Å²) in [6, 6.07) is 5.25. The second-order valence-electron chi connectivity index (χ2n) is 5.43. The number of halogens is 1. The van der Waals surface area contributed by atoms with Gasteiger partial charge in [0.1, 0.15) is 5.82 Å². The number of hydrogen-bond donors (Lipinski definition) is 2. The number of anilines is 2. The molecule has 0 unspecified atom stereocenters. The van der Waals surface area contributed by atoms with E-state index in [0.717, 1.165) is 10.6 Å². The molecule has 134 valence electrons. The predicted molar refractivity (Wildman–Crippen MR) is 94.7 cm³/mol. The van der Waals surface area contributed by atoms with Gasteiger partial charge in [0.05, 0.1) is 17.1 Å². The van der Waals surface area contributed by atoms with E-state index in [0.29, 0.717) is 18.1 Å². The van der Waals surface area contributed by atoms with Gasteiger partial charge in [-0.15, -0.1) is 0 Å². The van der Waals surface area contributed by atoms with Gasteiger partial charge in [-0.2, -0.15) is 4.31 Å². The Hall–Kier alpha value is -2.04. The van der Waals surface area contributed by atoms with Crippen molar-refractivity contribution in [3.63, 3.8) is 0 Å². The molecule has 25 heavy (non-hydrogen) atoms. The molecule has 0 atom stereocenters. The van der Waals surface area contributed by atoms with Crippen molar-refractivity contribution < 1.29 is 17.6 Å². The summed E-state index contributed by atoms with van der Waals surface area (Å²) in [5.74, 6) is -0.478. The molecule has 0 fully saturated rings. The maximum absolute atomic E-state index is 13.5. The van der Waals surface area contributed by atoms with Gasteiger partial charge in [0, 0.05) is 24.4 Å². The summed E-state index contributed by atoms with van der Waals surface area (Å²) in [4.78, 5) is 17.1. The second-order valence-corrected chi connectivity index (χ2v) is 8.77. The number of urea groups is 1. The molecule has 2 aromatic rings. The van der Waals surface area contributed by atoms with Gasteiger partial charge >= 0.3 is 6.03 Å². The normalized spacial score (nSPS) is 14.8. The molecular weight excluding hydrogens is 367 g/mol. The molecule has 2 amide bonds. The van der Waals surface area contributed by atoms with Gasteiger partial charge in [-0.05, 0) is 19.1 Å². The zero-order chi connectivity index (χ0) is 18.0. The molecule has 0 radical (unpaired) electrons. The smallest absolute Gasteiger partial charge is 0.305 e. The number of amides is 2. The van der Waals surface area contributed by atoms with Gasteiger partial charge < -0.3 is 5.32 Å². The van der Waals surface area contributed by atoms with Crippen LogP contribution in [-0.2, 0) is 23.0 Å². The van der Waals surface area contributed by atoms with E-state index in [2.05, 4.69) is 15.6 Å². The fourth-order valence-corrected chi connectivity index (χ4v) is 4.62. The van der Waals surface area contributed by atoms with E-state index in [1.165, 1.54) is 33.8 Å². The molecule has 3 rings (SSSR count). The van der Waals surface area contributed by atoms with Gasteiger partial charge in [-0.3, -0.25) is 5.32 Å². The Kier molecular flexibility index (Phi) is 5.02. The summed E-state index contributed by atoms with van der Waals surface area (Å²) in [6.07, 6.45) is 0.502. The number of carbonyl (C=O) groups is 1. The van der Waals surface area contributed by atoms with Crippen LogP contribution in [0.15, 0.2) is 24.3 Å². The molecule has 1 aliphatic rings. The number of fused-ring (bicyclic) bond motifs is 1. The van der Waals surface area contributed by atoms with E-state index >= 15 is 0 Å². The van der Waals surface area contributed by atoms with Crippen molar-refractivity contribution in [3.8, 4) is 0 Å². The highest BCUT2D eigenvalue weighted by atomic mass is 32.2. The van der Waals surface area contributed by atoms with Crippen LogP contribution in [0.4, 0.5) is 20.0 Å². The molecule has 2 heterocycles. The zero-order valence-corrected chi connectivity index (χ0v) is 15.1. The van der Waals surface area contributed by atoms with E-state index in [9.17, 15) is 17.6 Å². The van der Waals surface area contributed by atoms with Crippen molar-refractivity contribution in [3.05, 3.63) is 40.7 Å². The molecule has 0 aliphatic carbocycles. The van der Waals surface area contributed by atoms with Gasteiger partial charge in [0.2, 0.25) is 10.0 Å². The van der Waals surface area contributed by atoms with Crippen LogP contribution >= 0.6 is 11.3 Å². The maximum atomic E-state index is 13.5. The quantitative estimate of drug-likeness (QED) is 0.848. The van der Waals surface area contributed by atoms with Crippen molar-refractivity contribution >= 4 is 38.2 Å². The fourth-order valence-electron chi connectivity index (χ4n) is 2.46. The average molecular weight is 384 g/mol. The standard InChI is InChI=1S/C15H17FN4O3S2/c1-2-25(22,23)20-8-7-12-13(9-20)24-15(18-12)19-14(21)17-11-6-4-3-5-10(11)16/h3-6H,2,7-9H2,1H3,(H2,17,18,19,21). The number of nitrogens with one attached hydrogen (secondary N) is 2. The summed E-state index contributed by atoms with van der Waals surface area (Å²) in [6.45, 7) is 2.26. The Morgan fingerprint density at radius 2 is 2.12 bits per heavy atom. The first-order valence-corrected chi connectivity index (χ1v) is 10.1. The molecule has 1 aliphatic heterocycles. The minimum absolute atomic E-state index is 0.0529. The zero-order valence-electron chi connectivity index (χ0n) is 13.5. The van der Waals surface area contributed by atoms with Crippen LogP contribution in [-0.4, -0.2) is 36.0 Å². The number of benzene rings is 1. The number of hydrogen-bond acceptors (Lipinski definition) is 5. The molecule has 2 N–H and O–H groups in total. The number of para-hydroxylation sites is 1. The molecular formula is C15H17FN4O3S2. The number of carbonyl (C=O) groups excluding carboxylic acids is 1. The van der Waals surface area contributed by atoms with Crippen molar-refractivity contribution in [1.29, 1.82) is 0 Å². The lowest BCUT2D eigenvalue weighted by Gasteiger charge is -2.24. The van der Waals surface area contributed by atoms with Crippen LogP contribution in [0.2, 0.25) is 0 Å². The fraction of sp³-hybridized carbons (Fsp3) is 0.333. The Bertz CT molecular complexity index is 898. The largest absolute Gasteiger partial charge is 0.325 e. The lowest BCUT2D eigenvalue weighted by molar-refractivity contribution is 0.262. The van der Waals surface area contributed by atoms with Gasteiger partial charge in [-0.1, -0.05) is 23.5 Å². The van der Waals surface area contributed by atoms with Crippen molar-refractivity contribution in [2.45, 2.75) is 19.9 Å². The van der Waals surface area contributed by atoms with Crippen LogP contribution in [0.1, 0.15) is 17.5 Å². The lowest BCUT2D eigenvalue weighted by atomic mass is 10.2. The molecule has 1 aromatic carbocycles. The molecule has 7 nitrogen and oxygen atoms in total. The van der Waals surface area contributed by atoms with Crippen LogP contribution in [0.5, 0.6) is 0 Å². The topological polar surface area (TPSA) is 91.4 Å². The monoisotopic (exact) mass is 384 g/mol. The van der Waals surface area contributed by atoms with E-state index in [1.807, 2.05) is 0 Å². The molecule has 0 saturated carbocycles. The van der Waals surface area contributed by atoms with Crippen molar-refractivity contribution in [2.24, 2.45) is 0 Å². The molecule has 0 spiro atoms. The summed E-state index contributed by atoms with van der Waals surface area (Å²) in [5, 5.41) is 5.34. The number of nitrogens with zero attached hydrogens (tertiary/aromatic N) is 2. The molecule has 10 heteroatoms. The van der Waals surface area contributed by atoms with E-state index in [4.69, 9.17) is 0 Å². The number of sulfonamides is 1. The van der Waals surface area contributed by atoms with Gasteiger partial charge in [0.15, 0.2) is 5.13 Å². The first-order valence-electron chi connectivity index (χ1n) is 7.68. The SMILES string of the molecule is CCS(=O)(=O)N1CCc2nc(NC(=O)Nc3ccccc3F)sc2C1. The highest BCUT2D eigenvalue weighted by Crippen LogP contribution is 2.29. The van der Waals surface area contributed by atoms with Crippen LogP contribution in [0.3, 0.4) is 0 Å². The summed E-state index contributed by atoms with van der Waals surface area (Å²) in [5.41, 5.74) is 0.857. The minimum Gasteiger partial charge on any atom is -0.305 e. The molecule has 0 saturated heterocycles. The van der Waals surface area contributed by atoms with Crippen molar-refractivity contribution in [2.75, 3.05) is 22.9 Å². The highest BCUT2D eigenvalue weighted by Gasteiger charge is 2.28. The third-order valence-corrected chi connectivity index (χ3v) is 6.62. The Morgan fingerprint density at radius 3 is 2.84 bits per heavy atom. The molecule has 0 bridgehead atoms. The summed E-state index contributed by atoms with van der Waals surface area (Å²) >= 11 is 1.23. The summed E-state index contributed by atoms with van der Waals surface area (Å²) in [7, 11) is -3.25. The van der Waals surface area contributed by atoms with Crippen LogP contribution in [0.25, 0.3) is 0 Å². The van der Waals surface area contributed by atoms with Crippen molar-refractivity contribution in [1.82, 2.24) is 9.29 Å². The van der Waals surface area contributed by atoms with Gasteiger partial charge in [-0.25, -0.2) is 22.6 Å². The third kappa shape index (κ3) is 3.97. The average Bonchev–Trinajstić information content (AvgIpc) is 2.98. The number of aromatic nitrogens is 1. The molecule has 1 aromatic heterocycles. The maximum Gasteiger partial charge on any atom is 0.325 e. The van der Waals surface area contributed by atoms with Crippen LogP contribution < -0.4 is 10.6 Å². The first kappa shape index (κ1) is 17.8.